The second kappa shape index (κ2) is 8.30. The number of hydrogen-bond acceptors (Lipinski definition) is 4. The average molecular weight is 432 g/mol. The number of nitrogens with one attached hydrogen (secondary N) is 1. The molecule has 3 heterocycles. The van der Waals surface area contributed by atoms with Gasteiger partial charge in [0.1, 0.15) is 0 Å². The van der Waals surface area contributed by atoms with Crippen molar-refractivity contribution in [1.82, 2.24) is 15.1 Å². The van der Waals surface area contributed by atoms with E-state index in [0.29, 0.717) is 44.8 Å². The Kier molecular flexibility index (Phi) is 5.89. The Labute approximate surface area is 171 Å². The number of alkyl halides is 5. The van der Waals surface area contributed by atoms with Gasteiger partial charge in [0.15, 0.2) is 12.3 Å². The van der Waals surface area contributed by atoms with E-state index in [9.17, 15) is 26.7 Å². The summed E-state index contributed by atoms with van der Waals surface area (Å²) in [7, 11) is 0. The van der Waals surface area contributed by atoms with Crippen LogP contribution < -0.4 is 10.2 Å². The molecule has 0 spiro atoms. The molecule has 3 aliphatic heterocycles. The van der Waals surface area contributed by atoms with Crippen LogP contribution in [-0.2, 0) is 11.0 Å². The lowest BCUT2D eigenvalue weighted by Crippen LogP contribution is -2.51. The number of nitrogens with zero attached hydrogens (tertiary/aromatic N) is 3. The Morgan fingerprint density at radius 1 is 1.03 bits per heavy atom. The molecule has 4 atom stereocenters. The van der Waals surface area contributed by atoms with Gasteiger partial charge in [-0.15, -0.1) is 0 Å². The first-order chi connectivity index (χ1) is 14.2. The van der Waals surface area contributed by atoms with E-state index in [1.54, 1.807) is 6.07 Å². The van der Waals surface area contributed by atoms with Crippen molar-refractivity contribution in [3.63, 3.8) is 0 Å². The van der Waals surface area contributed by atoms with Crippen molar-refractivity contribution in [2.24, 2.45) is 0 Å². The van der Waals surface area contributed by atoms with Crippen molar-refractivity contribution in [2.75, 3.05) is 50.7 Å². The van der Waals surface area contributed by atoms with Gasteiger partial charge in [-0.3, -0.25) is 9.69 Å². The van der Waals surface area contributed by atoms with E-state index in [2.05, 4.69) is 10.2 Å². The van der Waals surface area contributed by atoms with E-state index in [1.165, 1.54) is 17.0 Å². The highest BCUT2D eigenvalue weighted by atomic mass is 19.4. The molecule has 0 aliphatic carbocycles. The van der Waals surface area contributed by atoms with Crippen LogP contribution in [-0.4, -0.2) is 85.9 Å². The summed E-state index contributed by atoms with van der Waals surface area (Å²) in [5.41, 5.74) is -0.102. The Balaban J connectivity index is 1.30. The van der Waals surface area contributed by atoms with Gasteiger partial charge in [-0.25, -0.2) is 8.78 Å². The quantitative estimate of drug-likeness (QED) is 0.743. The summed E-state index contributed by atoms with van der Waals surface area (Å²) in [6, 6.07) is 5.01. The number of piperazine rings is 1. The highest BCUT2D eigenvalue weighted by Crippen LogP contribution is 2.32. The topological polar surface area (TPSA) is 38.8 Å². The van der Waals surface area contributed by atoms with Crippen molar-refractivity contribution >= 4 is 11.6 Å². The first-order valence-electron chi connectivity index (χ1n) is 10.2. The highest BCUT2D eigenvalue weighted by Gasteiger charge is 2.41. The van der Waals surface area contributed by atoms with Gasteiger partial charge in [0.05, 0.1) is 24.7 Å². The van der Waals surface area contributed by atoms with Crippen molar-refractivity contribution in [3.8, 4) is 0 Å². The largest absolute Gasteiger partial charge is 0.416 e. The maximum Gasteiger partial charge on any atom is 0.416 e. The third-order valence-corrected chi connectivity index (χ3v) is 6.27. The Bertz CT molecular complexity index is 758. The van der Waals surface area contributed by atoms with Gasteiger partial charge in [0, 0.05) is 44.5 Å². The van der Waals surface area contributed by atoms with Crippen molar-refractivity contribution in [1.29, 1.82) is 0 Å². The van der Waals surface area contributed by atoms with E-state index >= 15 is 0 Å². The number of carbonyl (C=O) groups excluding carboxylic acids is 1. The Hall–Kier alpha value is -1.94. The number of amides is 1. The van der Waals surface area contributed by atoms with Crippen LogP contribution in [0.25, 0.3) is 0 Å². The van der Waals surface area contributed by atoms with Crippen molar-refractivity contribution in [2.45, 2.75) is 37.0 Å². The van der Waals surface area contributed by atoms with E-state index in [1.807, 2.05) is 4.90 Å². The van der Waals surface area contributed by atoms with Crippen LogP contribution in [0.15, 0.2) is 24.3 Å². The molecular formula is C20H25F5N4O. The fourth-order valence-electron chi connectivity index (χ4n) is 4.53. The molecule has 5 nitrogen and oxygen atoms in total. The Morgan fingerprint density at radius 3 is 2.33 bits per heavy atom. The summed E-state index contributed by atoms with van der Waals surface area (Å²) in [5.74, 6) is -0.261. The molecule has 3 fully saturated rings. The molecule has 4 rings (SSSR count). The number of rotatable bonds is 3. The van der Waals surface area contributed by atoms with Gasteiger partial charge in [-0.2, -0.15) is 13.2 Å². The van der Waals surface area contributed by atoms with Gasteiger partial charge >= 0.3 is 6.18 Å². The SMILES string of the molecule is O=C([C@@H]1C[C@H](N2CCN(c3cccc(C(F)(F)F)c3)CC2)CN1)N1C[C@@H](F)[C@@H](F)C1. The molecule has 1 N–H and O–H groups in total. The van der Waals surface area contributed by atoms with Crippen LogP contribution in [0.2, 0.25) is 0 Å². The van der Waals surface area contributed by atoms with Gasteiger partial charge < -0.3 is 15.1 Å². The van der Waals surface area contributed by atoms with Crippen LogP contribution in [0.1, 0.15) is 12.0 Å². The minimum atomic E-state index is -4.37. The zero-order chi connectivity index (χ0) is 21.5. The van der Waals surface area contributed by atoms with Gasteiger partial charge in [-0.05, 0) is 24.6 Å². The summed E-state index contributed by atoms with van der Waals surface area (Å²) >= 11 is 0. The number of anilines is 1. The minimum Gasteiger partial charge on any atom is -0.369 e. The minimum absolute atomic E-state index is 0.118. The van der Waals surface area contributed by atoms with Crippen LogP contribution in [0.5, 0.6) is 0 Å². The van der Waals surface area contributed by atoms with Crippen LogP contribution in [0.3, 0.4) is 0 Å². The molecule has 0 aromatic heterocycles. The van der Waals surface area contributed by atoms with Crippen LogP contribution in [0.4, 0.5) is 27.6 Å². The second-order valence-electron chi connectivity index (χ2n) is 8.20. The summed E-state index contributed by atoms with van der Waals surface area (Å²) in [6.45, 7) is 2.74. The number of benzene rings is 1. The van der Waals surface area contributed by atoms with E-state index in [0.717, 1.165) is 6.07 Å². The standard InChI is InChI=1S/C20H25F5N4O/c21-16-11-29(12-17(16)22)19(30)18-9-15(10-26-18)28-6-4-27(5-7-28)14-3-1-2-13(8-14)20(23,24)25/h1-3,8,15-18,26H,4-7,9-12H2/t15-,16-,17+,18-/m0/s1. The third-order valence-electron chi connectivity index (χ3n) is 6.27. The highest BCUT2D eigenvalue weighted by molar-refractivity contribution is 5.82. The Morgan fingerprint density at radius 2 is 1.70 bits per heavy atom. The lowest BCUT2D eigenvalue weighted by Gasteiger charge is -2.39. The van der Waals surface area contributed by atoms with Crippen LogP contribution in [0, 0.1) is 0 Å². The second-order valence-corrected chi connectivity index (χ2v) is 8.20. The fourth-order valence-corrected chi connectivity index (χ4v) is 4.53. The summed E-state index contributed by atoms with van der Waals surface area (Å²) < 4.78 is 65.6. The first kappa shape index (κ1) is 21.3. The molecule has 0 unspecified atom stereocenters. The van der Waals surface area contributed by atoms with Gasteiger partial charge in [0.2, 0.25) is 5.91 Å². The molecule has 30 heavy (non-hydrogen) atoms. The molecule has 3 aliphatic rings. The van der Waals surface area contributed by atoms with E-state index in [-0.39, 0.29) is 25.0 Å². The molecule has 3 saturated heterocycles. The molecule has 0 radical (unpaired) electrons. The zero-order valence-corrected chi connectivity index (χ0v) is 16.4. The van der Waals surface area contributed by atoms with Crippen LogP contribution >= 0.6 is 0 Å². The fraction of sp³-hybridized carbons (Fsp3) is 0.650. The van der Waals surface area contributed by atoms with E-state index in [4.69, 9.17) is 0 Å². The lowest BCUT2D eigenvalue weighted by atomic mass is 10.1. The van der Waals surface area contributed by atoms with Crippen molar-refractivity contribution < 1.29 is 26.7 Å². The first-order valence-corrected chi connectivity index (χ1v) is 10.2. The summed E-state index contributed by atoms with van der Waals surface area (Å²) in [6.07, 6.45) is -7.04. The molecule has 1 amide bonds. The molecular weight excluding hydrogens is 407 g/mol. The lowest BCUT2D eigenvalue weighted by molar-refractivity contribution is -0.137. The molecule has 1 aromatic carbocycles. The number of hydrogen-bond donors (Lipinski definition) is 1. The number of likely N-dealkylation sites (tertiary alicyclic amines) is 1. The molecule has 10 heteroatoms. The molecule has 0 saturated carbocycles. The third kappa shape index (κ3) is 4.39. The molecule has 1 aromatic rings. The monoisotopic (exact) mass is 432 g/mol. The predicted octanol–water partition coefficient (Wildman–Crippen LogP) is 2.08. The van der Waals surface area contributed by atoms with Crippen molar-refractivity contribution in [3.05, 3.63) is 29.8 Å². The number of halogens is 5. The molecule has 166 valence electrons. The maximum absolute atomic E-state index is 13.4. The summed E-state index contributed by atoms with van der Waals surface area (Å²) in [4.78, 5) is 17.9. The van der Waals surface area contributed by atoms with E-state index < -0.39 is 30.1 Å². The number of carbonyl (C=O) groups is 1. The zero-order valence-electron chi connectivity index (χ0n) is 16.4. The molecule has 0 bridgehead atoms. The average Bonchev–Trinajstić information content (AvgIpc) is 3.34. The normalized spacial score (nSPS) is 30.8. The van der Waals surface area contributed by atoms with Gasteiger partial charge in [0.25, 0.3) is 0 Å². The summed E-state index contributed by atoms with van der Waals surface area (Å²) in [5, 5.41) is 3.16. The smallest absolute Gasteiger partial charge is 0.369 e. The maximum atomic E-state index is 13.4. The predicted molar refractivity (Wildman–Crippen MR) is 102 cm³/mol. The van der Waals surface area contributed by atoms with Gasteiger partial charge in [-0.1, -0.05) is 6.07 Å².